The average Bonchev–Trinajstić information content (AvgIpc) is 3.41. The van der Waals surface area contributed by atoms with E-state index in [0.29, 0.717) is 6.54 Å². The molecule has 1 saturated heterocycles. The van der Waals surface area contributed by atoms with E-state index in [1.54, 1.807) is 13.4 Å². The summed E-state index contributed by atoms with van der Waals surface area (Å²) in [5, 5.41) is 3.15. The molecule has 0 spiro atoms. The minimum atomic E-state index is -0.132. The van der Waals surface area contributed by atoms with Gasteiger partial charge in [-0.3, -0.25) is 9.69 Å². The highest BCUT2D eigenvalue weighted by Gasteiger charge is 2.31. The average molecular weight is 376 g/mol. The summed E-state index contributed by atoms with van der Waals surface area (Å²) >= 11 is 0. The molecule has 2 heterocycles. The molecule has 6 nitrogen and oxygen atoms in total. The van der Waals surface area contributed by atoms with Crippen LogP contribution < -0.4 is 10.1 Å². The van der Waals surface area contributed by atoms with Crippen molar-refractivity contribution in [3.8, 4) is 16.9 Å². The van der Waals surface area contributed by atoms with Gasteiger partial charge in [-0.15, -0.1) is 0 Å². The Kier molecular flexibility index (Phi) is 5.39. The smallest absolute Gasteiger partial charge is 0.241 e. The SMILES string of the molecule is COc1ccc(-c2ccccc2NC(=O)[C@@H]2CCCN2Cc2cnc[nH]2)cc1. The van der Waals surface area contributed by atoms with Crippen LogP contribution in [0.4, 0.5) is 5.69 Å². The first-order valence-electron chi connectivity index (χ1n) is 9.50. The van der Waals surface area contributed by atoms with Crippen molar-refractivity contribution >= 4 is 11.6 Å². The molecule has 0 bridgehead atoms. The van der Waals surface area contributed by atoms with Crippen LogP contribution in [0.25, 0.3) is 11.1 Å². The van der Waals surface area contributed by atoms with Gasteiger partial charge in [-0.25, -0.2) is 4.98 Å². The Morgan fingerprint density at radius 2 is 2.07 bits per heavy atom. The molecular weight excluding hydrogens is 352 g/mol. The van der Waals surface area contributed by atoms with E-state index < -0.39 is 0 Å². The summed E-state index contributed by atoms with van der Waals surface area (Å²) in [5.74, 6) is 0.851. The van der Waals surface area contributed by atoms with Crippen molar-refractivity contribution in [3.05, 3.63) is 66.7 Å². The Hall–Kier alpha value is -3.12. The maximum Gasteiger partial charge on any atom is 0.241 e. The van der Waals surface area contributed by atoms with E-state index in [-0.39, 0.29) is 11.9 Å². The van der Waals surface area contributed by atoms with Crippen LogP contribution in [0.3, 0.4) is 0 Å². The molecule has 1 aliphatic heterocycles. The number of H-pyrrole nitrogens is 1. The topological polar surface area (TPSA) is 70.2 Å². The number of amides is 1. The van der Waals surface area contributed by atoms with E-state index in [4.69, 9.17) is 4.74 Å². The lowest BCUT2D eigenvalue weighted by molar-refractivity contribution is -0.120. The lowest BCUT2D eigenvalue weighted by atomic mass is 10.0. The zero-order valence-electron chi connectivity index (χ0n) is 15.9. The Morgan fingerprint density at radius 1 is 1.25 bits per heavy atom. The minimum absolute atomic E-state index is 0.0398. The summed E-state index contributed by atoms with van der Waals surface area (Å²) in [6.45, 7) is 1.62. The van der Waals surface area contributed by atoms with Crippen LogP contribution in [0.2, 0.25) is 0 Å². The lowest BCUT2D eigenvalue weighted by Crippen LogP contribution is -2.39. The van der Waals surface area contributed by atoms with Gasteiger partial charge < -0.3 is 15.0 Å². The molecule has 0 saturated carbocycles. The molecule has 6 heteroatoms. The number of hydrogen-bond acceptors (Lipinski definition) is 4. The number of methoxy groups -OCH3 is 1. The number of nitrogens with one attached hydrogen (secondary N) is 2. The van der Waals surface area contributed by atoms with Gasteiger partial charge in [0.25, 0.3) is 0 Å². The fourth-order valence-corrected chi connectivity index (χ4v) is 3.73. The number of aromatic amines is 1. The largest absolute Gasteiger partial charge is 0.497 e. The van der Waals surface area contributed by atoms with E-state index in [2.05, 4.69) is 20.2 Å². The molecule has 1 atom stereocenters. The van der Waals surface area contributed by atoms with Crippen LogP contribution in [0.15, 0.2) is 61.1 Å². The quantitative estimate of drug-likeness (QED) is 0.688. The number of likely N-dealkylation sites (tertiary alicyclic amines) is 1. The molecule has 4 rings (SSSR count). The van der Waals surface area contributed by atoms with Crippen molar-refractivity contribution in [3.63, 3.8) is 0 Å². The highest BCUT2D eigenvalue weighted by atomic mass is 16.5. The van der Waals surface area contributed by atoms with E-state index in [1.165, 1.54) is 0 Å². The number of nitrogens with zero attached hydrogens (tertiary/aromatic N) is 2. The fourth-order valence-electron chi connectivity index (χ4n) is 3.73. The van der Waals surface area contributed by atoms with Crippen molar-refractivity contribution in [1.29, 1.82) is 0 Å². The number of imidazole rings is 1. The molecule has 1 aliphatic rings. The summed E-state index contributed by atoms with van der Waals surface area (Å²) in [5.41, 5.74) is 3.89. The van der Waals surface area contributed by atoms with Crippen molar-refractivity contribution in [1.82, 2.24) is 14.9 Å². The predicted molar refractivity (Wildman–Crippen MR) is 109 cm³/mol. The second-order valence-electron chi connectivity index (χ2n) is 6.97. The number of para-hydroxylation sites is 1. The molecule has 1 amide bonds. The number of ether oxygens (including phenoxy) is 1. The van der Waals surface area contributed by atoms with Gasteiger partial charge in [0, 0.05) is 29.7 Å². The zero-order valence-corrected chi connectivity index (χ0v) is 15.9. The van der Waals surface area contributed by atoms with Crippen molar-refractivity contribution in [2.45, 2.75) is 25.4 Å². The van der Waals surface area contributed by atoms with Crippen LogP contribution in [-0.2, 0) is 11.3 Å². The van der Waals surface area contributed by atoms with Gasteiger partial charge in [-0.05, 0) is 43.1 Å². The van der Waals surface area contributed by atoms with Gasteiger partial charge >= 0.3 is 0 Å². The third-order valence-corrected chi connectivity index (χ3v) is 5.18. The summed E-state index contributed by atoms with van der Waals surface area (Å²) in [4.78, 5) is 22.4. The van der Waals surface area contributed by atoms with Crippen LogP contribution in [0.5, 0.6) is 5.75 Å². The number of anilines is 1. The van der Waals surface area contributed by atoms with Crippen molar-refractivity contribution in [2.24, 2.45) is 0 Å². The van der Waals surface area contributed by atoms with Gasteiger partial charge in [-0.1, -0.05) is 30.3 Å². The molecule has 28 heavy (non-hydrogen) atoms. The third-order valence-electron chi connectivity index (χ3n) is 5.18. The number of rotatable bonds is 6. The summed E-state index contributed by atoms with van der Waals surface area (Å²) < 4.78 is 5.24. The van der Waals surface area contributed by atoms with Gasteiger partial charge in [0.1, 0.15) is 5.75 Å². The molecule has 0 unspecified atom stereocenters. The normalized spacial score (nSPS) is 16.8. The van der Waals surface area contributed by atoms with E-state index in [9.17, 15) is 4.79 Å². The highest BCUT2D eigenvalue weighted by Crippen LogP contribution is 2.30. The highest BCUT2D eigenvalue weighted by molar-refractivity contribution is 5.98. The number of carbonyl (C=O) groups is 1. The molecule has 2 aromatic carbocycles. The number of hydrogen-bond donors (Lipinski definition) is 2. The number of benzene rings is 2. The Labute approximate surface area is 164 Å². The van der Waals surface area contributed by atoms with Crippen LogP contribution in [0, 0.1) is 0 Å². The molecule has 144 valence electrons. The monoisotopic (exact) mass is 376 g/mol. The third kappa shape index (κ3) is 3.92. The second-order valence-corrected chi connectivity index (χ2v) is 6.97. The first-order valence-corrected chi connectivity index (χ1v) is 9.50. The zero-order chi connectivity index (χ0) is 19.3. The van der Waals surface area contributed by atoms with Gasteiger partial charge in [0.2, 0.25) is 5.91 Å². The maximum atomic E-state index is 13.0. The van der Waals surface area contributed by atoms with E-state index in [1.807, 2.05) is 54.7 Å². The van der Waals surface area contributed by atoms with Crippen molar-refractivity contribution < 1.29 is 9.53 Å². The summed E-state index contributed by atoms with van der Waals surface area (Å²) in [7, 11) is 1.65. The van der Waals surface area contributed by atoms with Crippen LogP contribution >= 0.6 is 0 Å². The van der Waals surface area contributed by atoms with E-state index in [0.717, 1.165) is 47.6 Å². The Morgan fingerprint density at radius 3 is 2.82 bits per heavy atom. The lowest BCUT2D eigenvalue weighted by Gasteiger charge is -2.23. The molecule has 2 N–H and O–H groups in total. The first-order chi connectivity index (χ1) is 13.7. The Balaban J connectivity index is 1.51. The van der Waals surface area contributed by atoms with E-state index >= 15 is 0 Å². The number of aromatic nitrogens is 2. The molecular formula is C22H24N4O2. The summed E-state index contributed by atoms with van der Waals surface area (Å²) in [6, 6.07) is 15.6. The van der Waals surface area contributed by atoms with Crippen LogP contribution in [0.1, 0.15) is 18.5 Å². The fraction of sp³-hybridized carbons (Fsp3) is 0.273. The summed E-state index contributed by atoms with van der Waals surface area (Å²) in [6.07, 6.45) is 5.37. The second kappa shape index (κ2) is 8.27. The van der Waals surface area contributed by atoms with Gasteiger partial charge in [-0.2, -0.15) is 0 Å². The van der Waals surface area contributed by atoms with Crippen molar-refractivity contribution in [2.75, 3.05) is 19.0 Å². The maximum absolute atomic E-state index is 13.0. The standard InChI is InChI=1S/C22H24N4O2/c1-28-18-10-8-16(9-11-18)19-5-2-3-6-20(19)25-22(27)21-7-4-12-26(21)14-17-13-23-15-24-17/h2-3,5-6,8-11,13,15,21H,4,7,12,14H2,1H3,(H,23,24)(H,25,27)/t21-/m0/s1. The molecule has 1 aromatic heterocycles. The van der Waals surface area contributed by atoms with Gasteiger partial charge in [0.05, 0.1) is 19.5 Å². The first kappa shape index (κ1) is 18.3. The molecule has 0 aliphatic carbocycles. The Bertz CT molecular complexity index is 922. The predicted octanol–water partition coefficient (Wildman–Crippen LogP) is 3.69. The van der Waals surface area contributed by atoms with Gasteiger partial charge in [0.15, 0.2) is 0 Å². The van der Waals surface area contributed by atoms with Crippen LogP contribution in [-0.4, -0.2) is 40.5 Å². The minimum Gasteiger partial charge on any atom is -0.497 e. The number of carbonyl (C=O) groups excluding carboxylic acids is 1. The molecule has 0 radical (unpaired) electrons. The molecule has 3 aromatic rings. The molecule has 1 fully saturated rings.